The quantitative estimate of drug-likeness (QED) is 0.249. The normalized spacial score (nSPS) is 22.2. The Morgan fingerprint density at radius 1 is 1.06 bits per heavy atom. The number of rotatable bonds is 12. The van der Waals surface area contributed by atoms with Gasteiger partial charge >= 0.3 is 11.9 Å². The molecule has 3 amide bonds. The van der Waals surface area contributed by atoms with Gasteiger partial charge in [0.05, 0.1) is 6.04 Å². The Morgan fingerprint density at radius 3 is 2.41 bits per heavy atom. The second kappa shape index (κ2) is 12.6. The summed E-state index contributed by atoms with van der Waals surface area (Å²) in [5, 5.41) is 26.3. The van der Waals surface area contributed by atoms with Crippen molar-refractivity contribution in [3.8, 4) is 0 Å². The Morgan fingerprint density at radius 2 is 1.81 bits per heavy atom. The molecule has 2 rings (SSSR count). The largest absolute Gasteiger partial charge is 0.481 e. The van der Waals surface area contributed by atoms with Gasteiger partial charge in [-0.1, -0.05) is 0 Å². The molecule has 0 radical (unpaired) electrons. The highest BCUT2D eigenvalue weighted by atomic mass is 32.2. The fourth-order valence-electron chi connectivity index (χ4n) is 3.97. The Kier molecular flexibility index (Phi) is 10.2. The highest BCUT2D eigenvalue weighted by Gasteiger charge is 2.39. The molecular weight excluding hydrogens is 440 g/mol. The van der Waals surface area contributed by atoms with Crippen molar-refractivity contribution in [1.82, 2.24) is 20.9 Å². The van der Waals surface area contributed by atoms with Gasteiger partial charge in [0.25, 0.3) is 0 Å². The lowest BCUT2D eigenvalue weighted by Gasteiger charge is -2.28. The van der Waals surface area contributed by atoms with E-state index in [1.807, 2.05) is 6.26 Å². The lowest BCUT2D eigenvalue weighted by molar-refractivity contribution is -0.144. The summed E-state index contributed by atoms with van der Waals surface area (Å²) < 4.78 is 0. The van der Waals surface area contributed by atoms with Crippen LogP contribution in [0.15, 0.2) is 0 Å². The third-order valence-corrected chi connectivity index (χ3v) is 6.35. The highest BCUT2D eigenvalue weighted by molar-refractivity contribution is 7.98. The summed E-state index contributed by atoms with van der Waals surface area (Å²) in [6, 6.07) is -3.31. The number of thioether (sulfide) groups is 1. The first-order chi connectivity index (χ1) is 15.2. The Bertz CT molecular complexity index is 714. The van der Waals surface area contributed by atoms with Gasteiger partial charge in [0.15, 0.2) is 0 Å². The molecule has 2 heterocycles. The van der Waals surface area contributed by atoms with Gasteiger partial charge in [-0.3, -0.25) is 19.2 Å². The van der Waals surface area contributed by atoms with Crippen LogP contribution in [-0.4, -0.2) is 94.0 Å². The van der Waals surface area contributed by atoms with Crippen molar-refractivity contribution < 1.29 is 34.2 Å². The molecule has 0 aromatic heterocycles. The van der Waals surface area contributed by atoms with E-state index in [1.54, 1.807) is 4.90 Å². The first-order valence-electron chi connectivity index (χ1n) is 10.8. The standard InChI is InChI=1S/C20H32N4O7S/c1-32-11-8-12(17(27)23-14(20(30)31)6-7-16(25)26)22-18(28)15-5-3-10-24(15)19(29)13-4-2-9-21-13/h12-15,21H,2-11H2,1H3,(H,22,28)(H,23,27)(H,25,26)(H,30,31). The predicted octanol–water partition coefficient (Wildman–Crippen LogP) is -0.598. The summed E-state index contributed by atoms with van der Waals surface area (Å²) in [6.45, 7) is 1.25. The van der Waals surface area contributed by atoms with Crippen molar-refractivity contribution in [2.24, 2.45) is 0 Å². The van der Waals surface area contributed by atoms with Crippen LogP contribution < -0.4 is 16.0 Å². The maximum Gasteiger partial charge on any atom is 0.326 e. The van der Waals surface area contributed by atoms with Crippen LogP contribution in [0.3, 0.4) is 0 Å². The van der Waals surface area contributed by atoms with Gasteiger partial charge in [-0.05, 0) is 57.1 Å². The summed E-state index contributed by atoms with van der Waals surface area (Å²) in [6.07, 6.45) is 4.27. The number of amides is 3. The monoisotopic (exact) mass is 472 g/mol. The molecule has 0 bridgehead atoms. The molecule has 5 N–H and O–H groups in total. The van der Waals surface area contributed by atoms with Crippen LogP contribution in [-0.2, 0) is 24.0 Å². The molecule has 2 saturated heterocycles. The molecule has 0 spiro atoms. The van der Waals surface area contributed by atoms with Gasteiger partial charge in [0.2, 0.25) is 17.7 Å². The summed E-state index contributed by atoms with van der Waals surface area (Å²) in [7, 11) is 0. The number of hydrogen-bond donors (Lipinski definition) is 5. The van der Waals surface area contributed by atoms with E-state index < -0.39 is 48.3 Å². The zero-order valence-corrected chi connectivity index (χ0v) is 19.0. The van der Waals surface area contributed by atoms with Crippen LogP contribution in [0.2, 0.25) is 0 Å². The number of carbonyl (C=O) groups is 5. The van der Waals surface area contributed by atoms with Crippen LogP contribution in [0.4, 0.5) is 0 Å². The third-order valence-electron chi connectivity index (χ3n) is 5.70. The molecule has 0 saturated carbocycles. The molecule has 0 aromatic rings. The molecule has 32 heavy (non-hydrogen) atoms. The smallest absolute Gasteiger partial charge is 0.326 e. The number of aliphatic carboxylic acids is 2. The van der Waals surface area contributed by atoms with Crippen molar-refractivity contribution in [1.29, 1.82) is 0 Å². The molecule has 2 aliphatic rings. The molecule has 180 valence electrons. The van der Waals surface area contributed by atoms with Gasteiger partial charge in [0, 0.05) is 13.0 Å². The Labute approximate surface area is 191 Å². The molecule has 0 aliphatic carbocycles. The Balaban J connectivity index is 2.03. The molecular formula is C20H32N4O7S. The molecule has 4 atom stereocenters. The zero-order valence-electron chi connectivity index (χ0n) is 18.2. The van der Waals surface area contributed by atoms with Gasteiger partial charge in [-0.2, -0.15) is 11.8 Å². The minimum absolute atomic E-state index is 0.107. The van der Waals surface area contributed by atoms with E-state index >= 15 is 0 Å². The lowest BCUT2D eigenvalue weighted by Crippen LogP contribution is -2.56. The number of carboxylic acid groups (broad SMARTS) is 2. The maximum atomic E-state index is 13.0. The van der Waals surface area contributed by atoms with E-state index in [-0.39, 0.29) is 24.8 Å². The van der Waals surface area contributed by atoms with E-state index in [0.717, 1.165) is 19.4 Å². The second-order valence-corrected chi connectivity index (χ2v) is 9.00. The highest BCUT2D eigenvalue weighted by Crippen LogP contribution is 2.21. The van der Waals surface area contributed by atoms with E-state index in [0.29, 0.717) is 25.1 Å². The van der Waals surface area contributed by atoms with Crippen LogP contribution in [0.1, 0.15) is 44.9 Å². The summed E-state index contributed by atoms with van der Waals surface area (Å²) in [4.78, 5) is 62.3. The van der Waals surface area contributed by atoms with Crippen molar-refractivity contribution in [2.45, 2.75) is 69.1 Å². The second-order valence-electron chi connectivity index (χ2n) is 8.01. The maximum absolute atomic E-state index is 13.0. The third kappa shape index (κ3) is 7.37. The van der Waals surface area contributed by atoms with Gasteiger partial charge < -0.3 is 31.1 Å². The van der Waals surface area contributed by atoms with Crippen LogP contribution >= 0.6 is 11.8 Å². The zero-order chi connectivity index (χ0) is 23.7. The topological polar surface area (TPSA) is 165 Å². The minimum Gasteiger partial charge on any atom is -0.481 e. The molecule has 0 aromatic carbocycles. The van der Waals surface area contributed by atoms with Crippen LogP contribution in [0.5, 0.6) is 0 Å². The molecule has 4 unspecified atom stereocenters. The van der Waals surface area contributed by atoms with Crippen molar-refractivity contribution in [2.75, 3.05) is 25.1 Å². The number of carboxylic acids is 2. The van der Waals surface area contributed by atoms with Gasteiger partial charge in [-0.25, -0.2) is 4.79 Å². The molecule has 2 aliphatic heterocycles. The number of hydrogen-bond acceptors (Lipinski definition) is 7. The average Bonchev–Trinajstić information content (AvgIpc) is 3.45. The van der Waals surface area contributed by atoms with Gasteiger partial charge in [-0.15, -0.1) is 0 Å². The minimum atomic E-state index is -1.37. The molecule has 2 fully saturated rings. The SMILES string of the molecule is CSCCC(NC(=O)C1CCCN1C(=O)C1CCCN1)C(=O)NC(CCC(=O)O)C(=O)O. The van der Waals surface area contributed by atoms with E-state index in [1.165, 1.54) is 11.8 Å². The molecule has 12 heteroatoms. The fourth-order valence-corrected chi connectivity index (χ4v) is 4.44. The number of nitrogens with zero attached hydrogens (tertiary/aromatic N) is 1. The number of nitrogens with one attached hydrogen (secondary N) is 3. The van der Waals surface area contributed by atoms with Crippen molar-refractivity contribution >= 4 is 41.4 Å². The lowest BCUT2D eigenvalue weighted by atomic mass is 10.1. The Hall–Kier alpha value is -2.34. The summed E-state index contributed by atoms with van der Waals surface area (Å²) >= 11 is 1.47. The van der Waals surface area contributed by atoms with Gasteiger partial charge in [0.1, 0.15) is 18.1 Å². The van der Waals surface area contributed by atoms with Crippen LogP contribution in [0, 0.1) is 0 Å². The van der Waals surface area contributed by atoms with Crippen molar-refractivity contribution in [3.05, 3.63) is 0 Å². The fraction of sp³-hybridized carbons (Fsp3) is 0.750. The number of carbonyl (C=O) groups excluding carboxylic acids is 3. The van der Waals surface area contributed by atoms with E-state index in [9.17, 15) is 29.1 Å². The van der Waals surface area contributed by atoms with Crippen molar-refractivity contribution in [3.63, 3.8) is 0 Å². The number of likely N-dealkylation sites (tertiary alicyclic amines) is 1. The average molecular weight is 473 g/mol. The predicted molar refractivity (Wildman–Crippen MR) is 117 cm³/mol. The summed E-state index contributed by atoms with van der Waals surface area (Å²) in [5.41, 5.74) is 0. The first kappa shape index (κ1) is 25.9. The summed E-state index contributed by atoms with van der Waals surface area (Å²) in [5.74, 6) is -3.19. The van der Waals surface area contributed by atoms with E-state index in [2.05, 4.69) is 16.0 Å². The molecule has 11 nitrogen and oxygen atoms in total. The van der Waals surface area contributed by atoms with Crippen LogP contribution in [0.25, 0.3) is 0 Å². The van der Waals surface area contributed by atoms with E-state index in [4.69, 9.17) is 5.11 Å². The first-order valence-corrected chi connectivity index (χ1v) is 12.2.